The Morgan fingerprint density at radius 1 is 0.886 bits per heavy atom. The summed E-state index contributed by atoms with van der Waals surface area (Å²) >= 11 is 6.01. The number of aliphatic hydroxyl groups is 5. The molecule has 0 saturated carbocycles. The molecular weight excluding hydrogens is 588 g/mol. The van der Waals surface area contributed by atoms with E-state index < -0.39 is 42.9 Å². The van der Waals surface area contributed by atoms with E-state index in [9.17, 15) is 19.8 Å². The number of likely N-dealkylation sites (N-methyl/N-ethyl adjacent to an activating group) is 1. The van der Waals surface area contributed by atoms with Crippen molar-refractivity contribution in [1.82, 2.24) is 10.2 Å². The number of aliphatic hydroxyl groups excluding tert-OH is 5. The lowest BCUT2D eigenvalue weighted by Gasteiger charge is -2.25. The first-order valence-corrected chi connectivity index (χ1v) is 15.2. The van der Waals surface area contributed by atoms with Gasteiger partial charge in [-0.15, -0.1) is 0 Å². The Bertz CT molecular complexity index is 1170. The van der Waals surface area contributed by atoms with E-state index in [1.807, 2.05) is 30.3 Å². The summed E-state index contributed by atoms with van der Waals surface area (Å²) in [6.45, 7) is 2.02. The van der Waals surface area contributed by atoms with Crippen molar-refractivity contribution >= 4 is 23.5 Å². The average molecular weight is 635 g/mol. The van der Waals surface area contributed by atoms with Crippen LogP contribution in [0.4, 0.5) is 0 Å². The first kappa shape index (κ1) is 39.0. The second-order valence-corrected chi connectivity index (χ2v) is 10.9. The molecule has 0 aliphatic heterocycles. The van der Waals surface area contributed by atoms with Gasteiger partial charge in [-0.3, -0.25) is 4.79 Å². The van der Waals surface area contributed by atoms with Crippen LogP contribution in [-0.2, 0) is 22.7 Å². The van der Waals surface area contributed by atoms with Gasteiger partial charge in [0.25, 0.3) is 0 Å². The summed E-state index contributed by atoms with van der Waals surface area (Å²) in [6.07, 6.45) is 2.78. The topological polar surface area (TPSA) is 171 Å². The fraction of sp³-hybridized carbons (Fsp3) is 0.515. The molecule has 0 bridgehead atoms. The molecule has 11 heteroatoms. The zero-order valence-electron chi connectivity index (χ0n) is 25.5. The van der Waals surface area contributed by atoms with Crippen molar-refractivity contribution in [3.8, 4) is 11.8 Å². The van der Waals surface area contributed by atoms with Crippen LogP contribution in [0.25, 0.3) is 0 Å². The third kappa shape index (κ3) is 15.6. The van der Waals surface area contributed by atoms with Crippen molar-refractivity contribution in [2.24, 2.45) is 0 Å². The molecule has 0 heterocycles. The maximum absolute atomic E-state index is 12.2. The molecular formula is C33H47ClN2O8. The molecule has 0 aliphatic carbocycles. The Morgan fingerprint density at radius 3 is 2.09 bits per heavy atom. The van der Waals surface area contributed by atoms with Crippen LogP contribution in [0.5, 0.6) is 0 Å². The predicted octanol–water partition coefficient (Wildman–Crippen LogP) is 2.70. The number of amides is 1. The SMILES string of the molecule is CCCCCCCCC#Cc1ccc(CN(Cc2cccc(Cl)c2)C(=O)C(=O)O)cc1.CNC[C@H](O)[C@@H](O)[C@H](O)[C@H](O)CO. The minimum atomic E-state index is -1.55. The van der Waals surface area contributed by atoms with E-state index in [0.717, 1.165) is 29.5 Å². The van der Waals surface area contributed by atoms with E-state index in [4.69, 9.17) is 32.0 Å². The standard InChI is InChI=1S/C26H30ClNO3.C7H17NO5/c1-2-3-4-5-6-7-8-9-11-21-14-16-22(17-15-21)19-28(25(29)26(30)31)20-23-12-10-13-24(27)18-23;1-8-2-4(10)6(12)7(13)5(11)3-9/h10,12-18H,2-8,19-20H2,1H3,(H,30,31);4-13H,2-3H2,1H3/t;4-,5+,6+,7+/m.0/s1. The van der Waals surface area contributed by atoms with Gasteiger partial charge in [0.2, 0.25) is 0 Å². The summed E-state index contributed by atoms with van der Waals surface area (Å²) in [5.74, 6) is 3.98. The maximum atomic E-state index is 12.2. The van der Waals surface area contributed by atoms with Crippen molar-refractivity contribution in [2.45, 2.75) is 89.4 Å². The van der Waals surface area contributed by atoms with Gasteiger partial charge in [-0.1, -0.05) is 86.7 Å². The van der Waals surface area contributed by atoms with Gasteiger partial charge >= 0.3 is 11.9 Å². The van der Waals surface area contributed by atoms with Gasteiger partial charge in [0.1, 0.15) is 18.3 Å². The minimum Gasteiger partial charge on any atom is -0.474 e. The summed E-state index contributed by atoms with van der Waals surface area (Å²) in [6, 6.07) is 14.6. The van der Waals surface area contributed by atoms with Gasteiger partial charge in [-0.25, -0.2) is 4.79 Å². The van der Waals surface area contributed by atoms with Crippen LogP contribution in [0.15, 0.2) is 48.5 Å². The van der Waals surface area contributed by atoms with Crippen LogP contribution < -0.4 is 5.32 Å². The molecule has 0 unspecified atom stereocenters. The molecule has 0 spiro atoms. The Kier molecular flexibility index (Phi) is 19.9. The summed E-state index contributed by atoms with van der Waals surface area (Å²) in [7, 11) is 1.57. The molecule has 0 saturated heterocycles. The van der Waals surface area contributed by atoms with Crippen LogP contribution in [-0.4, -0.2) is 92.0 Å². The molecule has 0 fully saturated rings. The van der Waals surface area contributed by atoms with Gasteiger partial charge in [-0.05, 0) is 48.9 Å². The number of unbranched alkanes of at least 4 members (excludes halogenated alkanes) is 6. The smallest absolute Gasteiger partial charge is 0.394 e. The van der Waals surface area contributed by atoms with E-state index in [1.54, 1.807) is 25.2 Å². The molecule has 0 aromatic heterocycles. The molecule has 10 nitrogen and oxygen atoms in total. The number of carboxylic acid groups (broad SMARTS) is 1. The first-order valence-electron chi connectivity index (χ1n) is 14.9. The molecule has 244 valence electrons. The van der Waals surface area contributed by atoms with Crippen LogP contribution >= 0.6 is 11.6 Å². The molecule has 0 aliphatic rings. The number of aliphatic carboxylic acids is 1. The number of nitrogens with zero attached hydrogens (tertiary/aromatic N) is 1. The number of halogens is 1. The normalized spacial score (nSPS) is 13.4. The number of hydrogen-bond acceptors (Lipinski definition) is 8. The van der Waals surface area contributed by atoms with Gasteiger partial charge in [-0.2, -0.15) is 0 Å². The van der Waals surface area contributed by atoms with Crippen LogP contribution in [0.1, 0.15) is 68.6 Å². The second kappa shape index (κ2) is 22.5. The molecule has 7 N–H and O–H groups in total. The van der Waals surface area contributed by atoms with Gasteiger partial charge in [0, 0.05) is 36.6 Å². The summed E-state index contributed by atoms with van der Waals surface area (Å²) in [5.41, 5.74) is 2.54. The second-order valence-electron chi connectivity index (χ2n) is 10.5. The zero-order valence-corrected chi connectivity index (χ0v) is 26.3. The Balaban J connectivity index is 0.000000627. The number of carbonyl (C=O) groups excluding carboxylic acids is 1. The van der Waals surface area contributed by atoms with Crippen molar-refractivity contribution in [2.75, 3.05) is 20.2 Å². The maximum Gasteiger partial charge on any atom is 0.394 e. The molecule has 1 amide bonds. The third-order valence-electron chi connectivity index (χ3n) is 6.69. The Hall–Kier alpha value is -3.01. The average Bonchev–Trinajstić information content (AvgIpc) is 3.01. The number of carboxylic acids is 1. The lowest BCUT2D eigenvalue weighted by Crippen LogP contribution is -2.48. The number of rotatable bonds is 16. The van der Waals surface area contributed by atoms with Crippen LogP contribution in [0.3, 0.4) is 0 Å². The van der Waals surface area contributed by atoms with Crippen LogP contribution in [0, 0.1) is 11.8 Å². The highest BCUT2D eigenvalue weighted by Gasteiger charge is 2.29. The summed E-state index contributed by atoms with van der Waals surface area (Å²) in [5, 5.41) is 57.2. The Labute approximate surface area is 265 Å². The fourth-order valence-corrected chi connectivity index (χ4v) is 4.37. The van der Waals surface area contributed by atoms with E-state index in [-0.39, 0.29) is 19.6 Å². The highest BCUT2D eigenvalue weighted by molar-refractivity contribution is 6.31. The Morgan fingerprint density at radius 2 is 1.50 bits per heavy atom. The lowest BCUT2D eigenvalue weighted by molar-refractivity contribution is -0.156. The molecule has 2 rings (SSSR count). The summed E-state index contributed by atoms with van der Waals surface area (Å²) < 4.78 is 0. The highest BCUT2D eigenvalue weighted by Crippen LogP contribution is 2.16. The largest absolute Gasteiger partial charge is 0.474 e. The molecule has 0 radical (unpaired) electrons. The van der Waals surface area contributed by atoms with Crippen molar-refractivity contribution in [3.63, 3.8) is 0 Å². The van der Waals surface area contributed by atoms with Crippen molar-refractivity contribution < 1.29 is 40.2 Å². The van der Waals surface area contributed by atoms with Crippen LogP contribution in [0.2, 0.25) is 5.02 Å². The minimum absolute atomic E-state index is 0.0936. The van der Waals surface area contributed by atoms with E-state index in [1.165, 1.54) is 37.0 Å². The predicted molar refractivity (Wildman–Crippen MR) is 170 cm³/mol. The van der Waals surface area contributed by atoms with Crippen molar-refractivity contribution in [3.05, 3.63) is 70.2 Å². The van der Waals surface area contributed by atoms with Crippen molar-refractivity contribution in [1.29, 1.82) is 0 Å². The lowest BCUT2D eigenvalue weighted by atomic mass is 10.0. The number of hydrogen-bond donors (Lipinski definition) is 7. The monoisotopic (exact) mass is 634 g/mol. The quantitative estimate of drug-likeness (QED) is 0.0833. The number of carbonyl (C=O) groups is 2. The fourth-order valence-electron chi connectivity index (χ4n) is 4.16. The molecule has 4 atom stereocenters. The van der Waals surface area contributed by atoms with Gasteiger partial charge < -0.3 is 40.9 Å². The molecule has 44 heavy (non-hydrogen) atoms. The van der Waals surface area contributed by atoms with Gasteiger partial charge in [0.05, 0.1) is 12.7 Å². The highest BCUT2D eigenvalue weighted by atomic mass is 35.5. The number of benzene rings is 2. The third-order valence-corrected chi connectivity index (χ3v) is 6.92. The van der Waals surface area contributed by atoms with E-state index >= 15 is 0 Å². The van der Waals surface area contributed by atoms with E-state index in [2.05, 4.69) is 24.1 Å². The first-order chi connectivity index (χ1) is 21.0. The summed E-state index contributed by atoms with van der Waals surface area (Å²) in [4.78, 5) is 24.7. The number of nitrogens with one attached hydrogen (secondary N) is 1. The molecule has 2 aromatic carbocycles. The van der Waals surface area contributed by atoms with Gasteiger partial charge in [0.15, 0.2) is 0 Å². The molecule has 2 aromatic rings. The van der Waals surface area contributed by atoms with E-state index in [0.29, 0.717) is 5.02 Å². The zero-order chi connectivity index (χ0) is 32.9.